The zero-order chi connectivity index (χ0) is 19.1. The molecular formula is C19H17NO6. The highest BCUT2D eigenvalue weighted by Gasteiger charge is 2.13. The van der Waals surface area contributed by atoms with Gasteiger partial charge in [-0.15, -0.1) is 0 Å². The first-order chi connectivity index (χ1) is 12.4. The molecule has 2 aromatic rings. The van der Waals surface area contributed by atoms with Gasteiger partial charge in [-0.1, -0.05) is 30.4 Å². The molecule has 0 aliphatic rings. The molecule has 7 nitrogen and oxygen atoms in total. The lowest BCUT2D eigenvalue weighted by molar-refractivity contribution is -0.139. The van der Waals surface area contributed by atoms with Gasteiger partial charge in [-0.2, -0.15) is 0 Å². The molecule has 134 valence electrons. The number of ether oxygens (including phenoxy) is 1. The van der Waals surface area contributed by atoms with E-state index in [1.54, 1.807) is 43.3 Å². The molecule has 0 saturated heterocycles. The second-order valence-electron chi connectivity index (χ2n) is 5.38. The van der Waals surface area contributed by atoms with Crippen LogP contribution in [0.4, 0.5) is 0 Å². The molecule has 1 aromatic carbocycles. The first kappa shape index (κ1) is 18.7. The second kappa shape index (κ2) is 8.48. The predicted molar refractivity (Wildman–Crippen MR) is 95.5 cm³/mol. The molecule has 0 fully saturated rings. The molecule has 0 aliphatic carbocycles. The maximum absolute atomic E-state index is 12.0. The number of carboxylic acids is 1. The first-order valence-electron chi connectivity index (χ1n) is 7.63. The minimum absolute atomic E-state index is 0.315. The number of aromatic hydroxyl groups is 1. The quantitative estimate of drug-likeness (QED) is 0.399. The predicted octanol–water partition coefficient (Wildman–Crippen LogP) is 2.30. The van der Waals surface area contributed by atoms with E-state index in [2.05, 4.69) is 4.98 Å². The summed E-state index contributed by atoms with van der Waals surface area (Å²) in [4.78, 5) is 36.7. The van der Waals surface area contributed by atoms with Gasteiger partial charge in [-0.3, -0.25) is 9.59 Å². The van der Waals surface area contributed by atoms with Gasteiger partial charge in [0.2, 0.25) is 0 Å². The number of carbonyl (C=O) groups is 2. The number of carboxylic acid groups (broad SMARTS) is 1. The van der Waals surface area contributed by atoms with Crippen molar-refractivity contribution in [1.82, 2.24) is 4.98 Å². The number of ketones is 1. The molecule has 0 bridgehead atoms. The first-order valence-corrected chi connectivity index (χ1v) is 7.63. The third kappa shape index (κ3) is 5.20. The number of carbonyl (C=O) groups excluding carboxylic acids is 1. The van der Waals surface area contributed by atoms with Crippen LogP contribution in [0, 0.1) is 6.92 Å². The number of hydrogen-bond acceptors (Lipinski definition) is 5. The molecule has 0 spiro atoms. The Hall–Kier alpha value is -3.61. The number of rotatable bonds is 7. The van der Waals surface area contributed by atoms with E-state index < -0.39 is 23.9 Å². The monoisotopic (exact) mass is 355 g/mol. The van der Waals surface area contributed by atoms with Gasteiger partial charge < -0.3 is 19.9 Å². The van der Waals surface area contributed by atoms with Crippen molar-refractivity contribution >= 4 is 17.8 Å². The van der Waals surface area contributed by atoms with Crippen molar-refractivity contribution in [3.05, 3.63) is 75.7 Å². The molecule has 0 saturated carbocycles. The summed E-state index contributed by atoms with van der Waals surface area (Å²) < 4.78 is 5.07. The summed E-state index contributed by atoms with van der Waals surface area (Å²) in [6.45, 7) is 1.17. The number of aliphatic carboxylic acids is 1. The number of aryl methyl sites for hydroxylation is 1. The number of aromatic nitrogens is 1. The molecule has 1 aromatic heterocycles. The third-order valence-electron chi connectivity index (χ3n) is 3.26. The lowest BCUT2D eigenvalue weighted by Crippen LogP contribution is -2.17. The maximum Gasteiger partial charge on any atom is 0.341 e. The molecule has 2 rings (SSSR count). The highest BCUT2D eigenvalue weighted by Crippen LogP contribution is 2.15. The Morgan fingerprint density at radius 1 is 1.23 bits per heavy atom. The highest BCUT2D eigenvalue weighted by molar-refractivity contribution is 6.06. The highest BCUT2D eigenvalue weighted by atomic mass is 16.5. The Labute approximate surface area is 148 Å². The number of H-pyrrole nitrogens is 1. The van der Waals surface area contributed by atoms with Gasteiger partial charge in [0.25, 0.3) is 5.56 Å². The van der Waals surface area contributed by atoms with E-state index in [0.717, 1.165) is 5.56 Å². The molecule has 0 atom stereocenters. The molecule has 0 amide bonds. The van der Waals surface area contributed by atoms with Crippen molar-refractivity contribution in [2.75, 3.05) is 6.61 Å². The average Bonchev–Trinajstić information content (AvgIpc) is 2.56. The summed E-state index contributed by atoms with van der Waals surface area (Å²) in [6, 6.07) is 8.06. The topological polar surface area (TPSA) is 117 Å². The van der Waals surface area contributed by atoms with Crippen LogP contribution in [0.3, 0.4) is 0 Å². The van der Waals surface area contributed by atoms with Crippen LogP contribution in [0.25, 0.3) is 6.08 Å². The Morgan fingerprint density at radius 2 is 2.00 bits per heavy atom. The van der Waals surface area contributed by atoms with Gasteiger partial charge >= 0.3 is 5.97 Å². The van der Waals surface area contributed by atoms with E-state index in [-0.39, 0.29) is 11.3 Å². The fraction of sp³-hybridized carbons (Fsp3) is 0.105. The molecule has 1 heterocycles. The minimum atomic E-state index is -1.07. The molecule has 0 aliphatic heterocycles. The summed E-state index contributed by atoms with van der Waals surface area (Å²) in [5, 5.41) is 18.3. The van der Waals surface area contributed by atoms with Crippen molar-refractivity contribution in [3.8, 4) is 11.5 Å². The molecular weight excluding hydrogens is 338 g/mol. The van der Waals surface area contributed by atoms with Gasteiger partial charge in [0.15, 0.2) is 12.4 Å². The fourth-order valence-electron chi connectivity index (χ4n) is 2.16. The molecule has 26 heavy (non-hydrogen) atoms. The Morgan fingerprint density at radius 3 is 2.69 bits per heavy atom. The number of pyridine rings is 1. The average molecular weight is 355 g/mol. The van der Waals surface area contributed by atoms with Crippen LogP contribution in [0.2, 0.25) is 0 Å². The van der Waals surface area contributed by atoms with Crippen LogP contribution in [0.1, 0.15) is 21.6 Å². The SMILES string of the molecule is Cc1cc(O)c(C(=O)/C=C/C=C/c2cccc(OCC(=O)O)c2)c(=O)[nH]1. The number of allylic oxidation sites excluding steroid dienone is 3. The van der Waals surface area contributed by atoms with Crippen molar-refractivity contribution in [2.24, 2.45) is 0 Å². The number of benzene rings is 1. The summed E-state index contributed by atoms with van der Waals surface area (Å²) in [7, 11) is 0. The lowest BCUT2D eigenvalue weighted by Gasteiger charge is -2.03. The lowest BCUT2D eigenvalue weighted by atomic mass is 10.1. The van der Waals surface area contributed by atoms with E-state index >= 15 is 0 Å². The van der Waals surface area contributed by atoms with Gasteiger partial charge in [-0.05, 0) is 36.8 Å². The zero-order valence-electron chi connectivity index (χ0n) is 13.9. The fourth-order valence-corrected chi connectivity index (χ4v) is 2.16. The van der Waals surface area contributed by atoms with Crippen molar-refractivity contribution < 1.29 is 24.5 Å². The van der Waals surface area contributed by atoms with Crippen LogP contribution in [0.5, 0.6) is 11.5 Å². The van der Waals surface area contributed by atoms with Gasteiger partial charge in [0.05, 0.1) is 0 Å². The Balaban J connectivity index is 2.06. The van der Waals surface area contributed by atoms with Crippen LogP contribution >= 0.6 is 0 Å². The van der Waals surface area contributed by atoms with Gasteiger partial charge in [0.1, 0.15) is 17.1 Å². The molecule has 0 radical (unpaired) electrons. The summed E-state index contributed by atoms with van der Waals surface area (Å²) in [6.07, 6.45) is 5.86. The summed E-state index contributed by atoms with van der Waals surface area (Å²) in [5.74, 6) is -1.65. The zero-order valence-corrected chi connectivity index (χ0v) is 13.9. The smallest absolute Gasteiger partial charge is 0.341 e. The third-order valence-corrected chi connectivity index (χ3v) is 3.26. The summed E-state index contributed by atoms with van der Waals surface area (Å²) in [5.41, 5.74) is 0.229. The van der Waals surface area contributed by atoms with Gasteiger partial charge in [-0.25, -0.2) is 4.79 Å². The number of hydrogen-bond donors (Lipinski definition) is 3. The number of aromatic amines is 1. The van der Waals surface area contributed by atoms with E-state index in [1.807, 2.05) is 0 Å². The molecule has 0 unspecified atom stereocenters. The second-order valence-corrected chi connectivity index (χ2v) is 5.38. The van der Waals surface area contributed by atoms with Crippen molar-refractivity contribution in [1.29, 1.82) is 0 Å². The normalized spacial score (nSPS) is 11.1. The number of nitrogens with one attached hydrogen (secondary N) is 1. The van der Waals surface area contributed by atoms with E-state index in [4.69, 9.17) is 9.84 Å². The minimum Gasteiger partial charge on any atom is -0.507 e. The standard InChI is InChI=1S/C19H17NO6/c1-12-9-16(22)18(19(25)20-12)15(21)8-3-2-5-13-6-4-7-14(10-13)26-11-17(23)24/h2-10H,11H2,1H3,(H,23,24)(H2,20,22,25)/b5-2+,8-3+. The van der Waals surface area contributed by atoms with Gasteiger partial charge in [0, 0.05) is 5.69 Å². The summed E-state index contributed by atoms with van der Waals surface area (Å²) >= 11 is 0. The maximum atomic E-state index is 12.0. The van der Waals surface area contributed by atoms with E-state index in [9.17, 15) is 19.5 Å². The van der Waals surface area contributed by atoms with Crippen molar-refractivity contribution in [3.63, 3.8) is 0 Å². The van der Waals surface area contributed by atoms with Crippen LogP contribution in [0.15, 0.2) is 53.4 Å². The van der Waals surface area contributed by atoms with Crippen molar-refractivity contribution in [2.45, 2.75) is 6.92 Å². The Bertz CT molecular complexity index is 939. The van der Waals surface area contributed by atoms with Crippen LogP contribution in [-0.4, -0.2) is 33.6 Å². The van der Waals surface area contributed by atoms with Crippen LogP contribution in [-0.2, 0) is 4.79 Å². The molecule has 7 heteroatoms. The molecule has 3 N–H and O–H groups in total. The van der Waals surface area contributed by atoms with Crippen LogP contribution < -0.4 is 10.3 Å². The largest absolute Gasteiger partial charge is 0.507 e. The Kier molecular flexibility index (Phi) is 6.10. The van der Waals surface area contributed by atoms with E-state index in [0.29, 0.717) is 11.4 Å². The van der Waals surface area contributed by atoms with E-state index in [1.165, 1.54) is 18.2 Å².